The van der Waals surface area contributed by atoms with Crippen LogP contribution in [0.15, 0.2) is 24.3 Å². The summed E-state index contributed by atoms with van der Waals surface area (Å²) in [6.07, 6.45) is 0.150. The molecule has 1 aliphatic rings. The molecular weight excluding hydrogens is 278 g/mol. The molecule has 1 saturated heterocycles. The molecule has 1 amide bonds. The van der Waals surface area contributed by atoms with Gasteiger partial charge in [0, 0.05) is 30.3 Å². The van der Waals surface area contributed by atoms with Crippen LogP contribution in [0.3, 0.4) is 0 Å². The van der Waals surface area contributed by atoms with Gasteiger partial charge in [-0.05, 0) is 31.3 Å². The second-order valence-corrected chi connectivity index (χ2v) is 5.28. The summed E-state index contributed by atoms with van der Waals surface area (Å²) in [6, 6.07) is 7.11. The van der Waals surface area contributed by atoms with E-state index in [1.807, 2.05) is 7.05 Å². The Balaban J connectivity index is 1.80. The van der Waals surface area contributed by atoms with Gasteiger partial charge in [-0.2, -0.15) is 0 Å². The third-order valence-electron chi connectivity index (χ3n) is 3.15. The second-order valence-electron chi connectivity index (χ2n) is 4.84. The topological polar surface area (TPSA) is 53.6 Å². The van der Waals surface area contributed by atoms with Gasteiger partial charge in [-0.1, -0.05) is 11.6 Å². The summed E-state index contributed by atoms with van der Waals surface area (Å²) in [5.41, 5.74) is 0.763. The number of benzene rings is 1. The Bertz CT molecular complexity index is 437. The zero-order valence-corrected chi connectivity index (χ0v) is 12.3. The first-order valence-electron chi connectivity index (χ1n) is 6.71. The van der Waals surface area contributed by atoms with Crippen LogP contribution in [0.25, 0.3) is 0 Å². The van der Waals surface area contributed by atoms with E-state index in [1.165, 1.54) is 0 Å². The van der Waals surface area contributed by atoms with Crippen LogP contribution < -0.4 is 10.6 Å². The Morgan fingerprint density at radius 3 is 2.90 bits per heavy atom. The number of anilines is 1. The molecule has 110 valence electrons. The summed E-state index contributed by atoms with van der Waals surface area (Å²) in [4.78, 5) is 14.1. The number of hydrogen-bond donors (Lipinski definition) is 2. The van der Waals surface area contributed by atoms with Crippen LogP contribution in [0.1, 0.15) is 0 Å². The Morgan fingerprint density at radius 2 is 2.20 bits per heavy atom. The van der Waals surface area contributed by atoms with Crippen LogP contribution in [0.5, 0.6) is 0 Å². The highest BCUT2D eigenvalue weighted by Gasteiger charge is 2.21. The highest BCUT2D eigenvalue weighted by Crippen LogP contribution is 2.13. The number of rotatable bonds is 5. The maximum atomic E-state index is 12.0. The molecule has 1 aromatic rings. The van der Waals surface area contributed by atoms with Crippen LogP contribution >= 0.6 is 11.6 Å². The molecule has 1 unspecified atom stereocenters. The minimum absolute atomic E-state index is 0.0163. The quantitative estimate of drug-likeness (QED) is 0.857. The molecule has 0 aromatic heterocycles. The highest BCUT2D eigenvalue weighted by molar-refractivity contribution is 6.30. The lowest BCUT2D eigenvalue weighted by atomic mass is 10.2. The van der Waals surface area contributed by atoms with Crippen molar-refractivity contribution in [3.05, 3.63) is 29.3 Å². The van der Waals surface area contributed by atoms with E-state index in [0.717, 1.165) is 25.3 Å². The van der Waals surface area contributed by atoms with E-state index in [9.17, 15) is 4.79 Å². The van der Waals surface area contributed by atoms with Crippen molar-refractivity contribution >= 4 is 23.2 Å². The molecule has 0 spiro atoms. The average Bonchev–Trinajstić information content (AvgIpc) is 2.42. The molecule has 5 nitrogen and oxygen atoms in total. The Morgan fingerprint density at radius 1 is 1.45 bits per heavy atom. The Labute approximate surface area is 124 Å². The number of ether oxygens (including phenoxy) is 1. The van der Waals surface area contributed by atoms with Gasteiger partial charge in [0.1, 0.15) is 0 Å². The summed E-state index contributed by atoms with van der Waals surface area (Å²) in [7, 11) is 1.90. The van der Waals surface area contributed by atoms with Crippen molar-refractivity contribution in [1.29, 1.82) is 0 Å². The molecule has 1 fully saturated rings. The van der Waals surface area contributed by atoms with Crippen molar-refractivity contribution in [3.63, 3.8) is 0 Å². The largest absolute Gasteiger partial charge is 0.374 e. The van der Waals surface area contributed by atoms with E-state index < -0.39 is 0 Å². The Hall–Kier alpha value is -1.14. The summed E-state index contributed by atoms with van der Waals surface area (Å²) in [5, 5.41) is 6.62. The molecule has 20 heavy (non-hydrogen) atoms. The number of morpholine rings is 1. The van der Waals surface area contributed by atoms with Crippen molar-refractivity contribution in [1.82, 2.24) is 10.2 Å². The fourth-order valence-electron chi connectivity index (χ4n) is 2.21. The Kier molecular flexibility index (Phi) is 5.79. The number of hydrogen-bond acceptors (Lipinski definition) is 4. The van der Waals surface area contributed by atoms with Crippen LogP contribution in [-0.2, 0) is 9.53 Å². The number of carbonyl (C=O) groups is 1. The lowest BCUT2D eigenvalue weighted by Gasteiger charge is -2.32. The van der Waals surface area contributed by atoms with E-state index in [-0.39, 0.29) is 12.0 Å². The van der Waals surface area contributed by atoms with Crippen molar-refractivity contribution in [2.45, 2.75) is 6.10 Å². The van der Waals surface area contributed by atoms with Gasteiger partial charge in [0.15, 0.2) is 0 Å². The van der Waals surface area contributed by atoms with Gasteiger partial charge in [0.2, 0.25) is 5.91 Å². The van der Waals surface area contributed by atoms with E-state index in [0.29, 0.717) is 18.2 Å². The van der Waals surface area contributed by atoms with Gasteiger partial charge in [-0.15, -0.1) is 0 Å². The predicted octanol–water partition coefficient (Wildman–Crippen LogP) is 1.20. The predicted molar refractivity (Wildman–Crippen MR) is 80.2 cm³/mol. The molecule has 6 heteroatoms. The number of nitrogens with one attached hydrogen (secondary N) is 2. The molecule has 0 radical (unpaired) electrons. The van der Waals surface area contributed by atoms with E-state index in [1.54, 1.807) is 24.3 Å². The minimum Gasteiger partial charge on any atom is -0.374 e. The van der Waals surface area contributed by atoms with Crippen LogP contribution in [0.2, 0.25) is 5.02 Å². The molecule has 2 N–H and O–H groups in total. The number of nitrogens with zero attached hydrogens (tertiary/aromatic N) is 1. The molecule has 0 aliphatic carbocycles. The molecule has 2 rings (SSSR count). The zero-order chi connectivity index (χ0) is 14.4. The minimum atomic E-state index is -0.0163. The average molecular weight is 298 g/mol. The first-order chi connectivity index (χ1) is 9.67. The van der Waals surface area contributed by atoms with E-state index >= 15 is 0 Å². The monoisotopic (exact) mass is 297 g/mol. The van der Waals surface area contributed by atoms with Crippen molar-refractivity contribution in [2.24, 2.45) is 0 Å². The molecule has 1 aromatic carbocycles. The standard InChI is InChI=1S/C14H20ClN3O2/c1-16-8-13-9-18(6-7-20-13)10-14(19)17-12-4-2-11(15)3-5-12/h2-5,13,16H,6-10H2,1H3,(H,17,19). The van der Waals surface area contributed by atoms with Crippen LogP contribution in [0, 0.1) is 0 Å². The van der Waals surface area contributed by atoms with Gasteiger partial charge in [0.05, 0.1) is 19.3 Å². The third kappa shape index (κ3) is 4.76. The molecule has 0 bridgehead atoms. The van der Waals surface area contributed by atoms with Gasteiger partial charge >= 0.3 is 0 Å². The number of halogens is 1. The lowest BCUT2D eigenvalue weighted by Crippen LogP contribution is -2.48. The van der Waals surface area contributed by atoms with Crippen LogP contribution in [-0.4, -0.2) is 56.7 Å². The summed E-state index contributed by atoms with van der Waals surface area (Å²) in [5.74, 6) is -0.0163. The number of amides is 1. The summed E-state index contributed by atoms with van der Waals surface area (Å²) < 4.78 is 5.61. The molecule has 1 heterocycles. The fourth-order valence-corrected chi connectivity index (χ4v) is 2.34. The smallest absolute Gasteiger partial charge is 0.238 e. The number of likely N-dealkylation sites (N-methyl/N-ethyl adjacent to an activating group) is 1. The molecule has 1 atom stereocenters. The molecule has 0 saturated carbocycles. The van der Waals surface area contributed by atoms with Crippen molar-refractivity contribution in [2.75, 3.05) is 45.2 Å². The zero-order valence-electron chi connectivity index (χ0n) is 11.6. The van der Waals surface area contributed by atoms with Crippen LogP contribution in [0.4, 0.5) is 5.69 Å². The first kappa shape index (κ1) is 15.3. The number of carbonyl (C=O) groups excluding carboxylic acids is 1. The summed E-state index contributed by atoms with van der Waals surface area (Å²) in [6.45, 7) is 3.41. The maximum Gasteiger partial charge on any atom is 0.238 e. The SMILES string of the molecule is CNCC1CN(CC(=O)Nc2ccc(Cl)cc2)CCO1. The lowest BCUT2D eigenvalue weighted by molar-refractivity contribution is -0.119. The summed E-state index contributed by atoms with van der Waals surface area (Å²) >= 11 is 5.81. The molecule has 1 aliphatic heterocycles. The van der Waals surface area contributed by atoms with Gasteiger partial charge < -0.3 is 15.4 Å². The normalized spacial score (nSPS) is 19.8. The highest BCUT2D eigenvalue weighted by atomic mass is 35.5. The van der Waals surface area contributed by atoms with Crippen molar-refractivity contribution < 1.29 is 9.53 Å². The fraction of sp³-hybridized carbons (Fsp3) is 0.500. The van der Waals surface area contributed by atoms with E-state index in [4.69, 9.17) is 16.3 Å². The van der Waals surface area contributed by atoms with E-state index in [2.05, 4.69) is 15.5 Å². The third-order valence-corrected chi connectivity index (χ3v) is 3.40. The first-order valence-corrected chi connectivity index (χ1v) is 7.09. The second kappa shape index (κ2) is 7.59. The van der Waals surface area contributed by atoms with Gasteiger partial charge in [-0.25, -0.2) is 0 Å². The molecular formula is C14H20ClN3O2. The van der Waals surface area contributed by atoms with Gasteiger partial charge in [-0.3, -0.25) is 9.69 Å². The van der Waals surface area contributed by atoms with Gasteiger partial charge in [0.25, 0.3) is 0 Å². The van der Waals surface area contributed by atoms with Crippen molar-refractivity contribution in [3.8, 4) is 0 Å². The maximum absolute atomic E-state index is 12.0.